The summed E-state index contributed by atoms with van der Waals surface area (Å²) in [6, 6.07) is 6.98. The molecule has 1 aromatic rings. The summed E-state index contributed by atoms with van der Waals surface area (Å²) >= 11 is 0. The number of hydrogen-bond acceptors (Lipinski definition) is 4. The lowest BCUT2D eigenvalue weighted by Crippen LogP contribution is -2.60. The van der Waals surface area contributed by atoms with Crippen LogP contribution in [0.15, 0.2) is 24.3 Å². The molecule has 0 aromatic heterocycles. The van der Waals surface area contributed by atoms with Gasteiger partial charge in [-0.15, -0.1) is 0 Å². The minimum absolute atomic E-state index is 0.107. The molecule has 0 saturated heterocycles. The van der Waals surface area contributed by atoms with Crippen LogP contribution >= 0.6 is 0 Å². The Labute approximate surface area is 112 Å². The lowest BCUT2D eigenvalue weighted by molar-refractivity contribution is -0.384. The van der Waals surface area contributed by atoms with Crippen molar-refractivity contribution in [3.8, 4) is 0 Å². The Kier molecular flexibility index (Phi) is 3.60. The summed E-state index contributed by atoms with van der Waals surface area (Å²) in [4.78, 5) is 10.2. The van der Waals surface area contributed by atoms with E-state index in [9.17, 15) is 15.2 Å². The number of benzene rings is 1. The Morgan fingerprint density at radius 1 is 1.42 bits per heavy atom. The van der Waals surface area contributed by atoms with Crippen LogP contribution in [0.4, 0.5) is 5.69 Å². The average Bonchev–Trinajstić information content (AvgIpc) is 2.38. The van der Waals surface area contributed by atoms with Crippen molar-refractivity contribution in [1.82, 2.24) is 5.32 Å². The van der Waals surface area contributed by atoms with Crippen LogP contribution in [0.2, 0.25) is 0 Å². The molecule has 3 atom stereocenters. The number of nitro benzene ring substituents is 1. The van der Waals surface area contributed by atoms with Gasteiger partial charge in [0, 0.05) is 29.6 Å². The van der Waals surface area contributed by atoms with E-state index in [0.717, 1.165) is 12.0 Å². The van der Waals surface area contributed by atoms with Crippen molar-refractivity contribution in [1.29, 1.82) is 0 Å². The molecule has 5 heteroatoms. The van der Waals surface area contributed by atoms with Crippen LogP contribution in [0.5, 0.6) is 0 Å². The van der Waals surface area contributed by atoms with Gasteiger partial charge in [-0.2, -0.15) is 0 Å². The number of nitro groups is 1. The van der Waals surface area contributed by atoms with Crippen LogP contribution in [0, 0.1) is 15.5 Å². The highest BCUT2D eigenvalue weighted by Gasteiger charge is 2.47. The van der Waals surface area contributed by atoms with E-state index >= 15 is 0 Å². The quantitative estimate of drug-likeness (QED) is 0.647. The maximum atomic E-state index is 10.6. The number of non-ortho nitro benzene ring substituents is 1. The highest BCUT2D eigenvalue weighted by molar-refractivity contribution is 5.34. The van der Waals surface area contributed by atoms with Crippen molar-refractivity contribution < 1.29 is 10.0 Å². The van der Waals surface area contributed by atoms with Gasteiger partial charge >= 0.3 is 0 Å². The first-order valence-electron chi connectivity index (χ1n) is 6.51. The second-order valence-electron chi connectivity index (χ2n) is 5.86. The molecule has 2 rings (SSSR count). The van der Waals surface area contributed by atoms with Crippen molar-refractivity contribution in [2.75, 3.05) is 0 Å². The number of rotatable bonds is 4. The van der Waals surface area contributed by atoms with Gasteiger partial charge in [0.2, 0.25) is 0 Å². The van der Waals surface area contributed by atoms with Gasteiger partial charge in [-0.25, -0.2) is 0 Å². The second kappa shape index (κ2) is 4.90. The molecule has 19 heavy (non-hydrogen) atoms. The molecule has 1 fully saturated rings. The fourth-order valence-electron chi connectivity index (χ4n) is 2.47. The highest BCUT2D eigenvalue weighted by atomic mass is 16.6. The standard InChI is InChI=1S/C14H20N2O3/c1-9(15-12-8-13(17)14(12,2)3)10-4-6-11(7-5-10)16(18)19/h4-7,9,12-13,15,17H,8H2,1-3H3. The maximum Gasteiger partial charge on any atom is 0.269 e. The summed E-state index contributed by atoms with van der Waals surface area (Å²) in [6.07, 6.45) is 0.499. The highest BCUT2D eigenvalue weighted by Crippen LogP contribution is 2.41. The molecule has 0 aliphatic heterocycles. The zero-order valence-corrected chi connectivity index (χ0v) is 11.5. The molecule has 0 spiro atoms. The van der Waals surface area contributed by atoms with Crippen LogP contribution < -0.4 is 5.32 Å². The van der Waals surface area contributed by atoms with Crippen LogP contribution in [0.3, 0.4) is 0 Å². The van der Waals surface area contributed by atoms with Crippen molar-refractivity contribution in [2.45, 2.75) is 45.4 Å². The van der Waals surface area contributed by atoms with Gasteiger partial charge in [-0.3, -0.25) is 10.1 Å². The van der Waals surface area contributed by atoms with E-state index in [1.807, 2.05) is 20.8 Å². The summed E-state index contributed by atoms with van der Waals surface area (Å²) in [6.45, 7) is 6.12. The molecule has 2 N–H and O–H groups in total. The van der Waals surface area contributed by atoms with E-state index in [2.05, 4.69) is 5.32 Å². The van der Waals surface area contributed by atoms with Gasteiger partial charge in [0.05, 0.1) is 11.0 Å². The van der Waals surface area contributed by atoms with Crippen molar-refractivity contribution in [2.24, 2.45) is 5.41 Å². The zero-order valence-electron chi connectivity index (χ0n) is 11.5. The number of aliphatic hydroxyl groups excluding tert-OH is 1. The number of nitrogens with one attached hydrogen (secondary N) is 1. The molecule has 3 unspecified atom stereocenters. The monoisotopic (exact) mass is 264 g/mol. The Morgan fingerprint density at radius 3 is 2.42 bits per heavy atom. The largest absolute Gasteiger partial charge is 0.392 e. The van der Waals surface area contributed by atoms with Gasteiger partial charge < -0.3 is 10.4 Å². The van der Waals surface area contributed by atoms with E-state index in [1.54, 1.807) is 12.1 Å². The van der Waals surface area contributed by atoms with E-state index < -0.39 is 4.92 Å². The molecule has 5 nitrogen and oxygen atoms in total. The average molecular weight is 264 g/mol. The predicted octanol–water partition coefficient (Wildman–Crippen LogP) is 2.40. The molecule has 0 heterocycles. The van der Waals surface area contributed by atoms with Crippen molar-refractivity contribution in [3.05, 3.63) is 39.9 Å². The molecular weight excluding hydrogens is 244 g/mol. The van der Waals surface area contributed by atoms with Gasteiger partial charge in [0.25, 0.3) is 5.69 Å². The number of nitrogens with zero attached hydrogens (tertiary/aromatic N) is 1. The Morgan fingerprint density at radius 2 is 2.00 bits per heavy atom. The third-order valence-electron chi connectivity index (χ3n) is 4.27. The first kappa shape index (κ1) is 14.0. The van der Waals surface area contributed by atoms with Crippen molar-refractivity contribution in [3.63, 3.8) is 0 Å². The number of hydrogen-bond donors (Lipinski definition) is 2. The first-order valence-corrected chi connectivity index (χ1v) is 6.51. The first-order chi connectivity index (χ1) is 8.82. The molecule has 104 valence electrons. The van der Waals surface area contributed by atoms with Crippen LogP contribution in [0.1, 0.15) is 38.8 Å². The molecule has 1 aromatic carbocycles. The topological polar surface area (TPSA) is 75.4 Å². The molecule has 0 radical (unpaired) electrons. The number of aliphatic hydroxyl groups is 1. The van der Waals surface area contributed by atoms with Crippen LogP contribution in [0.25, 0.3) is 0 Å². The smallest absolute Gasteiger partial charge is 0.269 e. The zero-order chi connectivity index (χ0) is 14.2. The molecular formula is C14H20N2O3. The summed E-state index contributed by atoms with van der Waals surface area (Å²) in [5.41, 5.74) is 1.01. The lowest BCUT2D eigenvalue weighted by atomic mass is 9.64. The van der Waals surface area contributed by atoms with Gasteiger partial charge in [0.15, 0.2) is 0 Å². The summed E-state index contributed by atoms with van der Waals surface area (Å²) < 4.78 is 0. The van der Waals surface area contributed by atoms with Gasteiger partial charge in [-0.05, 0) is 18.9 Å². The third kappa shape index (κ3) is 2.62. The van der Waals surface area contributed by atoms with E-state index in [1.165, 1.54) is 12.1 Å². The summed E-state index contributed by atoms with van der Waals surface area (Å²) in [5, 5.41) is 23.8. The van der Waals surface area contributed by atoms with E-state index in [-0.39, 0.29) is 29.3 Å². The van der Waals surface area contributed by atoms with Crippen LogP contribution in [-0.4, -0.2) is 22.2 Å². The van der Waals surface area contributed by atoms with Crippen molar-refractivity contribution >= 4 is 5.69 Å². The second-order valence-corrected chi connectivity index (χ2v) is 5.86. The van der Waals surface area contributed by atoms with Gasteiger partial charge in [-0.1, -0.05) is 26.0 Å². The van der Waals surface area contributed by atoms with Gasteiger partial charge in [0.1, 0.15) is 0 Å². The fraction of sp³-hybridized carbons (Fsp3) is 0.571. The fourth-order valence-corrected chi connectivity index (χ4v) is 2.47. The molecule has 0 amide bonds. The predicted molar refractivity (Wildman–Crippen MR) is 72.8 cm³/mol. The molecule has 1 aliphatic rings. The molecule has 1 saturated carbocycles. The summed E-state index contributed by atoms with van der Waals surface area (Å²) in [5.74, 6) is 0. The Balaban J connectivity index is 2.01. The maximum absolute atomic E-state index is 10.6. The lowest BCUT2D eigenvalue weighted by Gasteiger charge is -2.50. The third-order valence-corrected chi connectivity index (χ3v) is 4.27. The normalized spacial score (nSPS) is 26.5. The SMILES string of the molecule is CC(NC1CC(O)C1(C)C)c1ccc([N+](=O)[O-])cc1. The van der Waals surface area contributed by atoms with Crippen LogP contribution in [-0.2, 0) is 0 Å². The minimum Gasteiger partial charge on any atom is -0.392 e. The summed E-state index contributed by atoms with van der Waals surface area (Å²) in [7, 11) is 0. The molecule has 1 aliphatic carbocycles. The Hall–Kier alpha value is -1.46. The van der Waals surface area contributed by atoms with E-state index in [4.69, 9.17) is 0 Å². The van der Waals surface area contributed by atoms with E-state index in [0.29, 0.717) is 0 Å². The molecule has 0 bridgehead atoms. The Bertz CT molecular complexity index is 470. The minimum atomic E-state index is -0.396.